The highest BCUT2D eigenvalue weighted by Crippen LogP contribution is 2.50. The minimum Gasteiger partial charge on any atom is -0.493 e. The van der Waals surface area contributed by atoms with Crippen LogP contribution in [0.3, 0.4) is 0 Å². The van der Waals surface area contributed by atoms with Gasteiger partial charge in [0.1, 0.15) is 12.2 Å². The van der Waals surface area contributed by atoms with E-state index in [1.54, 1.807) is 23.1 Å². The highest BCUT2D eigenvalue weighted by atomic mass is 35.5. The fraction of sp³-hybridized carbons (Fsp3) is 0.462. The lowest BCUT2D eigenvalue weighted by Crippen LogP contribution is -2.53. The van der Waals surface area contributed by atoms with E-state index in [4.69, 9.17) is 37.4 Å². The molecule has 35 heavy (non-hydrogen) atoms. The summed E-state index contributed by atoms with van der Waals surface area (Å²) in [7, 11) is 2.99. The Balaban J connectivity index is 2.01. The van der Waals surface area contributed by atoms with Gasteiger partial charge in [-0.2, -0.15) is 0 Å². The minimum absolute atomic E-state index is 0.151. The predicted octanol–water partition coefficient (Wildman–Crippen LogP) is 5.67. The van der Waals surface area contributed by atoms with Gasteiger partial charge in [0, 0.05) is 22.2 Å². The first-order valence-electron chi connectivity index (χ1n) is 11.4. The van der Waals surface area contributed by atoms with Crippen molar-refractivity contribution in [2.75, 3.05) is 19.1 Å². The number of carbonyl (C=O) groups is 2. The molecular formula is C26H29Cl2NO6. The Bertz CT molecular complexity index is 1180. The monoisotopic (exact) mass is 521 g/mol. The molecule has 188 valence electrons. The lowest BCUT2D eigenvalue weighted by molar-refractivity contribution is -0.147. The number of methoxy groups -OCH3 is 2. The molecule has 2 unspecified atom stereocenters. The van der Waals surface area contributed by atoms with Gasteiger partial charge in [0.05, 0.1) is 31.4 Å². The first-order chi connectivity index (χ1) is 16.5. The van der Waals surface area contributed by atoms with Crippen molar-refractivity contribution in [3.05, 3.63) is 51.0 Å². The van der Waals surface area contributed by atoms with Gasteiger partial charge >= 0.3 is 5.97 Å². The summed E-state index contributed by atoms with van der Waals surface area (Å²) in [4.78, 5) is 27.4. The zero-order valence-electron chi connectivity index (χ0n) is 20.4. The Morgan fingerprint density at radius 3 is 2.49 bits per heavy atom. The molecule has 0 saturated heterocycles. The smallest absolute Gasteiger partial charge is 0.306 e. The summed E-state index contributed by atoms with van der Waals surface area (Å²) in [5, 5.41) is 10.4. The lowest BCUT2D eigenvalue weighted by atomic mass is 9.78. The van der Waals surface area contributed by atoms with Crippen LogP contribution >= 0.6 is 23.2 Å². The molecule has 9 heteroatoms. The quantitative estimate of drug-likeness (QED) is 0.545. The van der Waals surface area contributed by atoms with Crippen LogP contribution in [0.4, 0.5) is 5.69 Å². The molecule has 2 aromatic rings. The number of rotatable bonds is 5. The van der Waals surface area contributed by atoms with E-state index in [9.17, 15) is 14.7 Å². The fourth-order valence-corrected chi connectivity index (χ4v) is 5.70. The van der Waals surface area contributed by atoms with Crippen molar-refractivity contribution in [1.82, 2.24) is 0 Å². The summed E-state index contributed by atoms with van der Waals surface area (Å²) >= 11 is 13.3. The van der Waals surface area contributed by atoms with Gasteiger partial charge in [-0.25, -0.2) is 0 Å². The van der Waals surface area contributed by atoms with Crippen molar-refractivity contribution in [3.8, 4) is 11.5 Å². The summed E-state index contributed by atoms with van der Waals surface area (Å²) in [6.07, 6.45) is -1.10. The van der Waals surface area contributed by atoms with Gasteiger partial charge in [-0.05, 0) is 42.0 Å². The van der Waals surface area contributed by atoms with Crippen LogP contribution in [-0.4, -0.2) is 43.3 Å². The SMILES string of the molecule is COc1ccc(C2OC(CC(=O)O)C(=O)N3c4c(cc(Cl)cc42)CC[C@H]3C(C)(C)C)c(Cl)c1OC. The molecule has 2 aliphatic heterocycles. The third-order valence-electron chi connectivity index (χ3n) is 6.68. The number of hydrogen-bond acceptors (Lipinski definition) is 5. The number of aryl methyl sites for hydroxylation is 1. The molecular weight excluding hydrogens is 493 g/mol. The molecule has 0 spiro atoms. The third-order valence-corrected chi connectivity index (χ3v) is 7.28. The molecule has 0 bridgehead atoms. The molecule has 1 N–H and O–H groups in total. The first kappa shape index (κ1) is 25.6. The van der Waals surface area contributed by atoms with Gasteiger partial charge in [-0.3, -0.25) is 9.59 Å². The van der Waals surface area contributed by atoms with Crippen molar-refractivity contribution in [1.29, 1.82) is 0 Å². The summed E-state index contributed by atoms with van der Waals surface area (Å²) < 4.78 is 17.2. The molecule has 2 heterocycles. The van der Waals surface area contributed by atoms with Crippen LogP contribution in [0.25, 0.3) is 0 Å². The van der Waals surface area contributed by atoms with Crippen LogP contribution in [0.15, 0.2) is 24.3 Å². The number of carboxylic acids is 1. The molecule has 4 rings (SSSR count). The van der Waals surface area contributed by atoms with E-state index in [1.807, 2.05) is 6.07 Å². The lowest BCUT2D eigenvalue weighted by Gasteiger charge is -2.45. The Hall–Kier alpha value is -2.48. The average molecular weight is 522 g/mol. The number of halogens is 2. The largest absolute Gasteiger partial charge is 0.493 e. The standard InChI is InChI=1S/C26H29Cl2NO6/c1-26(2,3)19-9-6-13-10-14(27)11-16-22(13)29(19)25(32)18(12-20(30)31)35-23(16)15-7-8-17(33-4)24(34-5)21(15)28/h7-8,10-11,18-19,23H,6,9,12H2,1-5H3,(H,30,31)/t18?,19-,23?/m0/s1. The van der Waals surface area contributed by atoms with E-state index in [2.05, 4.69) is 20.8 Å². The summed E-state index contributed by atoms with van der Waals surface area (Å²) in [6, 6.07) is 6.93. The number of anilines is 1. The number of carbonyl (C=O) groups excluding carboxylic acids is 1. The van der Waals surface area contributed by atoms with Gasteiger partial charge < -0.3 is 24.2 Å². The first-order valence-corrected chi connectivity index (χ1v) is 12.2. The van der Waals surface area contributed by atoms with E-state index in [-0.39, 0.29) is 22.4 Å². The maximum Gasteiger partial charge on any atom is 0.306 e. The maximum absolute atomic E-state index is 13.9. The van der Waals surface area contributed by atoms with Crippen molar-refractivity contribution in [2.24, 2.45) is 5.41 Å². The molecule has 0 aliphatic carbocycles. The number of aliphatic carboxylic acids is 1. The van der Waals surface area contributed by atoms with Crippen LogP contribution in [0, 0.1) is 5.41 Å². The minimum atomic E-state index is -1.22. The van der Waals surface area contributed by atoms with Gasteiger partial charge in [0.15, 0.2) is 11.5 Å². The van der Waals surface area contributed by atoms with Gasteiger partial charge in [-0.15, -0.1) is 0 Å². The predicted molar refractivity (Wildman–Crippen MR) is 134 cm³/mol. The summed E-state index contributed by atoms with van der Waals surface area (Å²) in [6.45, 7) is 6.23. The summed E-state index contributed by atoms with van der Waals surface area (Å²) in [5.74, 6) is -0.749. The number of ether oxygens (including phenoxy) is 3. The zero-order chi connectivity index (χ0) is 25.7. The highest BCUT2D eigenvalue weighted by Gasteiger charge is 2.46. The van der Waals surface area contributed by atoms with E-state index < -0.39 is 24.6 Å². The van der Waals surface area contributed by atoms with Crippen LogP contribution in [0.2, 0.25) is 10.0 Å². The van der Waals surface area contributed by atoms with Crippen LogP contribution < -0.4 is 14.4 Å². The molecule has 0 saturated carbocycles. The van der Waals surface area contributed by atoms with Crippen molar-refractivity contribution in [3.63, 3.8) is 0 Å². The second-order valence-electron chi connectivity index (χ2n) is 9.94. The molecule has 7 nitrogen and oxygen atoms in total. The number of amides is 1. The number of benzene rings is 2. The number of nitrogens with zero attached hydrogens (tertiary/aromatic N) is 1. The molecule has 1 amide bonds. The Morgan fingerprint density at radius 2 is 1.89 bits per heavy atom. The second-order valence-corrected chi connectivity index (χ2v) is 10.8. The number of carboxylic acid groups (broad SMARTS) is 1. The Labute approximate surface area is 214 Å². The zero-order valence-corrected chi connectivity index (χ0v) is 21.9. The Kier molecular flexibility index (Phi) is 6.97. The molecule has 0 fully saturated rings. The van der Waals surface area contributed by atoms with Crippen LogP contribution in [0.1, 0.15) is 56.4 Å². The molecule has 2 aromatic carbocycles. The van der Waals surface area contributed by atoms with Crippen molar-refractivity contribution < 1.29 is 28.9 Å². The second kappa shape index (κ2) is 9.52. The van der Waals surface area contributed by atoms with E-state index >= 15 is 0 Å². The van der Waals surface area contributed by atoms with E-state index in [0.29, 0.717) is 33.3 Å². The third kappa shape index (κ3) is 4.57. The molecule has 0 radical (unpaired) electrons. The van der Waals surface area contributed by atoms with Gasteiger partial charge in [0.2, 0.25) is 0 Å². The average Bonchev–Trinajstić information content (AvgIpc) is 2.89. The van der Waals surface area contributed by atoms with Gasteiger partial charge in [-0.1, -0.05) is 50.0 Å². The van der Waals surface area contributed by atoms with E-state index in [1.165, 1.54) is 14.2 Å². The van der Waals surface area contributed by atoms with E-state index in [0.717, 1.165) is 18.4 Å². The van der Waals surface area contributed by atoms with Gasteiger partial charge in [0.25, 0.3) is 5.91 Å². The Morgan fingerprint density at radius 1 is 1.17 bits per heavy atom. The van der Waals surface area contributed by atoms with Crippen molar-refractivity contribution >= 4 is 40.8 Å². The topological polar surface area (TPSA) is 85.3 Å². The summed E-state index contributed by atoms with van der Waals surface area (Å²) in [5.41, 5.74) is 2.57. The fourth-order valence-electron chi connectivity index (χ4n) is 5.12. The van der Waals surface area contributed by atoms with Crippen LogP contribution in [-0.2, 0) is 20.7 Å². The maximum atomic E-state index is 13.9. The molecule has 0 aromatic heterocycles. The molecule has 3 atom stereocenters. The normalized spacial score (nSPS) is 21.9. The highest BCUT2D eigenvalue weighted by molar-refractivity contribution is 6.33. The number of hydrogen-bond donors (Lipinski definition) is 1. The van der Waals surface area contributed by atoms with Crippen LogP contribution in [0.5, 0.6) is 11.5 Å². The van der Waals surface area contributed by atoms with Crippen molar-refractivity contribution in [2.45, 2.75) is 58.3 Å². The molecule has 2 aliphatic rings.